The topological polar surface area (TPSA) is 126 Å². The van der Waals surface area contributed by atoms with Gasteiger partial charge in [0.15, 0.2) is 0 Å². The van der Waals surface area contributed by atoms with E-state index in [0.29, 0.717) is 16.7 Å². The van der Waals surface area contributed by atoms with Crippen LogP contribution in [0.3, 0.4) is 0 Å². The van der Waals surface area contributed by atoms with Crippen molar-refractivity contribution in [2.75, 3.05) is 6.54 Å². The number of benzene rings is 2. The SMILES string of the molecule is CC(NC(=O)c1cccc(-c2cc3ccccc3oc2=O)c1)C(=O)NCC(=O)O. The summed E-state index contributed by atoms with van der Waals surface area (Å²) in [4.78, 5) is 47.2. The van der Waals surface area contributed by atoms with Gasteiger partial charge in [0.05, 0.1) is 5.56 Å². The Hall–Kier alpha value is -3.94. The van der Waals surface area contributed by atoms with Gasteiger partial charge in [-0.05, 0) is 36.8 Å². The number of carbonyl (C=O) groups excluding carboxylic acids is 2. The smallest absolute Gasteiger partial charge is 0.344 e. The maximum absolute atomic E-state index is 12.5. The molecular weight excluding hydrogens is 376 g/mol. The van der Waals surface area contributed by atoms with E-state index in [1.165, 1.54) is 13.0 Å². The summed E-state index contributed by atoms with van der Waals surface area (Å²) >= 11 is 0. The highest BCUT2D eigenvalue weighted by Crippen LogP contribution is 2.22. The first-order valence-electron chi connectivity index (χ1n) is 8.79. The van der Waals surface area contributed by atoms with Crippen molar-refractivity contribution in [1.29, 1.82) is 0 Å². The third-order valence-electron chi connectivity index (χ3n) is 4.23. The van der Waals surface area contributed by atoms with Gasteiger partial charge in [0, 0.05) is 10.9 Å². The first-order chi connectivity index (χ1) is 13.8. The van der Waals surface area contributed by atoms with Gasteiger partial charge in [-0.15, -0.1) is 0 Å². The van der Waals surface area contributed by atoms with Crippen LogP contribution in [0, 0.1) is 0 Å². The van der Waals surface area contributed by atoms with Crippen molar-refractivity contribution in [3.05, 3.63) is 70.6 Å². The number of carboxylic acids is 1. The molecular formula is C21H18N2O6. The Balaban J connectivity index is 1.82. The third-order valence-corrected chi connectivity index (χ3v) is 4.23. The average Bonchev–Trinajstić information content (AvgIpc) is 2.71. The first kappa shape index (κ1) is 19.8. The molecule has 1 aromatic heterocycles. The lowest BCUT2D eigenvalue weighted by molar-refractivity contribution is -0.138. The lowest BCUT2D eigenvalue weighted by Gasteiger charge is -2.13. The lowest BCUT2D eigenvalue weighted by atomic mass is 10.0. The van der Waals surface area contributed by atoms with Crippen LogP contribution >= 0.6 is 0 Å². The van der Waals surface area contributed by atoms with E-state index >= 15 is 0 Å². The monoisotopic (exact) mass is 394 g/mol. The largest absolute Gasteiger partial charge is 0.480 e. The number of carbonyl (C=O) groups is 3. The molecule has 3 N–H and O–H groups in total. The summed E-state index contributed by atoms with van der Waals surface area (Å²) in [6, 6.07) is 14.2. The van der Waals surface area contributed by atoms with Crippen LogP contribution < -0.4 is 16.3 Å². The zero-order valence-electron chi connectivity index (χ0n) is 15.5. The standard InChI is InChI=1S/C21H18N2O6/c1-12(19(26)22-11-18(24)25)23-20(27)15-7-4-6-13(9-15)16-10-14-5-2-3-8-17(14)29-21(16)28/h2-10,12H,11H2,1H3,(H,22,26)(H,23,27)(H,24,25). The number of para-hydroxylation sites is 1. The second-order valence-corrected chi connectivity index (χ2v) is 6.37. The zero-order chi connectivity index (χ0) is 21.0. The molecule has 1 heterocycles. The number of rotatable bonds is 6. The van der Waals surface area contributed by atoms with E-state index in [0.717, 1.165) is 5.39 Å². The molecule has 0 aliphatic heterocycles. The number of fused-ring (bicyclic) bond motifs is 1. The van der Waals surface area contributed by atoms with E-state index in [9.17, 15) is 19.2 Å². The molecule has 8 nitrogen and oxygen atoms in total. The Bertz CT molecular complexity index is 1150. The summed E-state index contributed by atoms with van der Waals surface area (Å²) in [5, 5.41) is 14.0. The maximum Gasteiger partial charge on any atom is 0.344 e. The van der Waals surface area contributed by atoms with Crippen LogP contribution in [0.15, 0.2) is 63.8 Å². The second kappa shape index (κ2) is 8.39. The molecule has 0 fully saturated rings. The van der Waals surface area contributed by atoms with Crippen LogP contribution in [0.25, 0.3) is 22.1 Å². The van der Waals surface area contributed by atoms with E-state index < -0.39 is 36.0 Å². The number of hydrogen-bond donors (Lipinski definition) is 3. The molecule has 3 rings (SSSR count). The molecule has 1 unspecified atom stereocenters. The number of hydrogen-bond acceptors (Lipinski definition) is 5. The lowest BCUT2D eigenvalue weighted by Crippen LogP contribution is -2.46. The Labute approximate surface area is 165 Å². The van der Waals surface area contributed by atoms with Crippen molar-refractivity contribution in [3.63, 3.8) is 0 Å². The molecule has 0 saturated heterocycles. The van der Waals surface area contributed by atoms with Crippen LogP contribution in [-0.4, -0.2) is 35.5 Å². The van der Waals surface area contributed by atoms with E-state index in [2.05, 4.69) is 10.6 Å². The summed E-state index contributed by atoms with van der Waals surface area (Å²) in [6.45, 7) is 0.906. The second-order valence-electron chi connectivity index (χ2n) is 6.37. The van der Waals surface area contributed by atoms with Gasteiger partial charge < -0.3 is 20.2 Å². The Morgan fingerprint density at radius 2 is 1.83 bits per heavy atom. The Morgan fingerprint density at radius 3 is 2.59 bits per heavy atom. The molecule has 2 aromatic carbocycles. The number of carboxylic acid groups (broad SMARTS) is 1. The van der Waals surface area contributed by atoms with Crippen LogP contribution in [0.1, 0.15) is 17.3 Å². The van der Waals surface area contributed by atoms with Gasteiger partial charge in [0.25, 0.3) is 5.91 Å². The molecule has 2 amide bonds. The molecule has 8 heteroatoms. The predicted octanol–water partition coefficient (Wildman–Crippen LogP) is 1.78. The summed E-state index contributed by atoms with van der Waals surface area (Å²) < 4.78 is 5.33. The fourth-order valence-electron chi connectivity index (χ4n) is 2.75. The van der Waals surface area contributed by atoms with Crippen LogP contribution in [0.5, 0.6) is 0 Å². The highest BCUT2D eigenvalue weighted by Gasteiger charge is 2.18. The predicted molar refractivity (Wildman–Crippen MR) is 105 cm³/mol. The summed E-state index contributed by atoms with van der Waals surface area (Å²) in [6.07, 6.45) is 0. The van der Waals surface area contributed by atoms with Crippen LogP contribution in [-0.2, 0) is 9.59 Å². The minimum Gasteiger partial charge on any atom is -0.480 e. The van der Waals surface area contributed by atoms with E-state index in [-0.39, 0.29) is 5.56 Å². The van der Waals surface area contributed by atoms with Crippen molar-refractivity contribution in [2.45, 2.75) is 13.0 Å². The van der Waals surface area contributed by atoms with Crippen molar-refractivity contribution < 1.29 is 23.9 Å². The summed E-state index contributed by atoms with van der Waals surface area (Å²) in [5.74, 6) is -2.33. The Morgan fingerprint density at radius 1 is 1.07 bits per heavy atom. The van der Waals surface area contributed by atoms with Crippen LogP contribution in [0.4, 0.5) is 0 Å². The van der Waals surface area contributed by atoms with Gasteiger partial charge in [-0.1, -0.05) is 30.3 Å². The van der Waals surface area contributed by atoms with Crippen LogP contribution in [0.2, 0.25) is 0 Å². The third kappa shape index (κ3) is 4.67. The Kier molecular flexibility index (Phi) is 5.73. The fraction of sp³-hybridized carbons (Fsp3) is 0.143. The molecule has 0 aliphatic rings. The van der Waals surface area contributed by atoms with Crippen molar-refractivity contribution in [1.82, 2.24) is 10.6 Å². The van der Waals surface area contributed by atoms with Crippen molar-refractivity contribution in [2.24, 2.45) is 0 Å². The van der Waals surface area contributed by atoms with Crippen molar-refractivity contribution in [3.8, 4) is 11.1 Å². The normalized spacial score (nSPS) is 11.6. The molecule has 29 heavy (non-hydrogen) atoms. The van der Waals surface area contributed by atoms with Crippen molar-refractivity contribution >= 4 is 28.8 Å². The maximum atomic E-state index is 12.5. The van der Waals surface area contributed by atoms with E-state index in [1.807, 2.05) is 12.1 Å². The number of nitrogens with one attached hydrogen (secondary N) is 2. The van der Waals surface area contributed by atoms with Gasteiger partial charge in [0.1, 0.15) is 18.2 Å². The molecule has 0 saturated carbocycles. The number of aliphatic carboxylic acids is 1. The van der Waals surface area contributed by atoms with E-state index in [1.54, 1.807) is 36.4 Å². The van der Waals surface area contributed by atoms with Gasteiger partial charge in [-0.3, -0.25) is 14.4 Å². The molecule has 0 spiro atoms. The van der Waals surface area contributed by atoms with Gasteiger partial charge in [0.2, 0.25) is 5.91 Å². The molecule has 148 valence electrons. The van der Waals surface area contributed by atoms with E-state index in [4.69, 9.17) is 9.52 Å². The minimum atomic E-state index is -1.18. The summed E-state index contributed by atoms with van der Waals surface area (Å²) in [5.41, 5.74) is 0.998. The highest BCUT2D eigenvalue weighted by atomic mass is 16.4. The molecule has 1 atom stereocenters. The molecule has 0 bridgehead atoms. The fourth-order valence-corrected chi connectivity index (χ4v) is 2.75. The number of amides is 2. The van der Waals surface area contributed by atoms with Gasteiger partial charge >= 0.3 is 11.6 Å². The highest BCUT2D eigenvalue weighted by molar-refractivity contribution is 5.98. The molecule has 0 radical (unpaired) electrons. The van der Waals surface area contributed by atoms with Gasteiger partial charge in [-0.2, -0.15) is 0 Å². The minimum absolute atomic E-state index is 0.243. The summed E-state index contributed by atoms with van der Waals surface area (Å²) in [7, 11) is 0. The molecule has 0 aliphatic carbocycles. The van der Waals surface area contributed by atoms with Gasteiger partial charge in [-0.25, -0.2) is 4.79 Å². The quantitative estimate of drug-likeness (QED) is 0.547. The molecule has 3 aromatic rings. The first-order valence-corrected chi connectivity index (χ1v) is 8.79. The zero-order valence-corrected chi connectivity index (χ0v) is 15.5. The average molecular weight is 394 g/mol.